The minimum atomic E-state index is -0.556. The number of methoxy groups -OCH3 is 1. The van der Waals surface area contributed by atoms with Crippen LogP contribution in [-0.2, 0) is 9.53 Å². The lowest BCUT2D eigenvalue weighted by molar-refractivity contribution is -0.145. The molecule has 0 unspecified atom stereocenters. The maximum absolute atomic E-state index is 10.9. The number of fused-ring (bicyclic) bond motifs is 1. The molecule has 0 saturated carbocycles. The van der Waals surface area contributed by atoms with Crippen LogP contribution >= 0.6 is 0 Å². The highest BCUT2D eigenvalue weighted by Gasteiger charge is 2.26. The monoisotopic (exact) mass is 224 g/mol. The molecule has 1 aromatic rings. The van der Waals surface area contributed by atoms with Gasteiger partial charge in [-0.2, -0.15) is 0 Å². The number of carbonyl (C=O) groups is 1. The van der Waals surface area contributed by atoms with Crippen LogP contribution in [0.2, 0.25) is 0 Å². The van der Waals surface area contributed by atoms with Gasteiger partial charge in [0.1, 0.15) is 6.42 Å². The van der Waals surface area contributed by atoms with E-state index in [2.05, 4.69) is 4.74 Å². The second kappa shape index (κ2) is 6.00. The summed E-state index contributed by atoms with van der Waals surface area (Å²) in [7, 11) is 1.34. The molecule has 0 amide bonds. The minimum absolute atomic E-state index is 0.102. The Bertz CT molecular complexity index is 324. The quantitative estimate of drug-likeness (QED) is 0.723. The molecule has 1 aromatic carbocycles. The molecule has 0 aliphatic carbocycles. The number of esters is 1. The fourth-order valence-electron chi connectivity index (χ4n) is 1.25. The molecule has 16 heavy (non-hydrogen) atoms. The maximum atomic E-state index is 10.9. The van der Waals surface area contributed by atoms with Gasteiger partial charge in [0, 0.05) is 0 Å². The Morgan fingerprint density at radius 1 is 1.25 bits per heavy atom. The van der Waals surface area contributed by atoms with E-state index in [4.69, 9.17) is 9.47 Å². The van der Waals surface area contributed by atoms with Crippen molar-refractivity contribution in [1.29, 1.82) is 0 Å². The largest absolute Gasteiger partial charge is 0.469 e. The molecule has 0 aromatic heterocycles. The molecule has 1 aliphatic rings. The SMILES string of the molecule is CC.COC(=O)CC1Oc2ccccc2O1. The van der Waals surface area contributed by atoms with Crippen molar-refractivity contribution >= 4 is 5.97 Å². The van der Waals surface area contributed by atoms with Gasteiger partial charge in [0.2, 0.25) is 0 Å². The fourth-order valence-corrected chi connectivity index (χ4v) is 1.25. The number of para-hydroxylation sites is 2. The third kappa shape index (κ3) is 2.89. The van der Waals surface area contributed by atoms with Gasteiger partial charge in [0.15, 0.2) is 11.5 Å². The molecule has 0 fully saturated rings. The van der Waals surface area contributed by atoms with E-state index in [1.165, 1.54) is 7.11 Å². The zero-order chi connectivity index (χ0) is 12.0. The molecule has 1 aliphatic heterocycles. The Balaban J connectivity index is 0.000000606. The summed E-state index contributed by atoms with van der Waals surface area (Å²) in [5.41, 5.74) is 0. The third-order valence-electron chi connectivity index (χ3n) is 1.93. The number of rotatable bonds is 2. The molecule has 88 valence electrons. The highest BCUT2D eigenvalue weighted by molar-refractivity contribution is 5.69. The van der Waals surface area contributed by atoms with Crippen LogP contribution < -0.4 is 9.47 Å². The summed E-state index contributed by atoms with van der Waals surface area (Å²) in [5, 5.41) is 0. The Hall–Kier alpha value is -1.71. The maximum Gasteiger partial charge on any atom is 0.313 e. The summed E-state index contributed by atoms with van der Waals surface area (Å²) < 4.78 is 15.2. The molecule has 2 rings (SSSR count). The first kappa shape index (κ1) is 12.4. The Morgan fingerprint density at radius 3 is 2.19 bits per heavy atom. The van der Waals surface area contributed by atoms with E-state index >= 15 is 0 Å². The van der Waals surface area contributed by atoms with Gasteiger partial charge in [-0.1, -0.05) is 26.0 Å². The van der Waals surface area contributed by atoms with E-state index < -0.39 is 6.29 Å². The first-order chi connectivity index (χ1) is 7.79. The fraction of sp³-hybridized carbons (Fsp3) is 0.417. The van der Waals surface area contributed by atoms with Gasteiger partial charge >= 0.3 is 5.97 Å². The average Bonchev–Trinajstić information content (AvgIpc) is 2.73. The van der Waals surface area contributed by atoms with Gasteiger partial charge in [0.05, 0.1) is 7.11 Å². The van der Waals surface area contributed by atoms with E-state index in [9.17, 15) is 4.79 Å². The lowest BCUT2D eigenvalue weighted by Crippen LogP contribution is -2.22. The van der Waals surface area contributed by atoms with Crippen LogP contribution in [0.3, 0.4) is 0 Å². The summed E-state index contributed by atoms with van der Waals surface area (Å²) in [5.74, 6) is 0.991. The summed E-state index contributed by atoms with van der Waals surface area (Å²) >= 11 is 0. The summed E-state index contributed by atoms with van der Waals surface area (Å²) in [6.07, 6.45) is -0.453. The summed E-state index contributed by atoms with van der Waals surface area (Å²) in [6, 6.07) is 7.30. The normalized spacial score (nSPS) is 12.7. The predicted octanol–water partition coefficient (Wildman–Crippen LogP) is 2.37. The predicted molar refractivity (Wildman–Crippen MR) is 59.5 cm³/mol. The van der Waals surface area contributed by atoms with Gasteiger partial charge in [-0.15, -0.1) is 0 Å². The standard InChI is InChI=1S/C10H10O4.C2H6/c1-12-9(11)6-10-13-7-4-2-3-5-8(7)14-10;1-2/h2-5,10H,6H2,1H3;1-2H3. The van der Waals surface area contributed by atoms with Gasteiger partial charge in [-0.25, -0.2) is 0 Å². The molecular formula is C12H16O4. The van der Waals surface area contributed by atoms with Crippen LogP contribution in [0.15, 0.2) is 24.3 Å². The first-order valence-electron chi connectivity index (χ1n) is 5.29. The van der Waals surface area contributed by atoms with Crippen molar-refractivity contribution in [2.75, 3.05) is 7.11 Å². The Labute approximate surface area is 95.1 Å². The number of hydrogen-bond acceptors (Lipinski definition) is 4. The molecule has 1 heterocycles. The van der Waals surface area contributed by atoms with Gasteiger partial charge in [-0.3, -0.25) is 4.79 Å². The second-order valence-corrected chi connectivity index (χ2v) is 2.89. The van der Waals surface area contributed by atoms with Crippen LogP contribution in [0.4, 0.5) is 0 Å². The van der Waals surface area contributed by atoms with E-state index in [0.29, 0.717) is 11.5 Å². The van der Waals surface area contributed by atoms with Crippen molar-refractivity contribution in [1.82, 2.24) is 0 Å². The number of ether oxygens (including phenoxy) is 3. The van der Waals surface area contributed by atoms with Crippen molar-refractivity contribution in [2.45, 2.75) is 26.6 Å². The second-order valence-electron chi connectivity index (χ2n) is 2.89. The van der Waals surface area contributed by atoms with E-state index in [1.807, 2.05) is 26.0 Å². The number of carbonyl (C=O) groups excluding carboxylic acids is 1. The van der Waals surface area contributed by atoms with Gasteiger partial charge in [0.25, 0.3) is 6.29 Å². The highest BCUT2D eigenvalue weighted by Crippen LogP contribution is 2.34. The molecule has 0 bridgehead atoms. The third-order valence-corrected chi connectivity index (χ3v) is 1.93. The van der Waals surface area contributed by atoms with Crippen LogP contribution in [0.1, 0.15) is 20.3 Å². The van der Waals surface area contributed by atoms with Crippen molar-refractivity contribution < 1.29 is 19.0 Å². The van der Waals surface area contributed by atoms with E-state index in [1.54, 1.807) is 12.1 Å². The van der Waals surface area contributed by atoms with Crippen molar-refractivity contribution in [3.8, 4) is 11.5 Å². The highest BCUT2D eigenvalue weighted by atomic mass is 16.7. The number of hydrogen-bond donors (Lipinski definition) is 0. The molecule has 0 atom stereocenters. The van der Waals surface area contributed by atoms with Crippen LogP contribution in [0, 0.1) is 0 Å². The van der Waals surface area contributed by atoms with Crippen molar-refractivity contribution in [2.24, 2.45) is 0 Å². The van der Waals surface area contributed by atoms with E-state index in [0.717, 1.165) is 0 Å². The molecule has 4 heteroatoms. The topological polar surface area (TPSA) is 44.8 Å². The average molecular weight is 224 g/mol. The molecule has 0 saturated heterocycles. The lowest BCUT2D eigenvalue weighted by Gasteiger charge is -2.07. The van der Waals surface area contributed by atoms with Crippen LogP contribution in [0.25, 0.3) is 0 Å². The Morgan fingerprint density at radius 2 is 1.75 bits per heavy atom. The zero-order valence-electron chi connectivity index (χ0n) is 9.73. The summed E-state index contributed by atoms with van der Waals surface area (Å²) in [6.45, 7) is 4.00. The molecule has 0 spiro atoms. The van der Waals surface area contributed by atoms with Crippen molar-refractivity contribution in [3.63, 3.8) is 0 Å². The van der Waals surface area contributed by atoms with E-state index in [-0.39, 0.29) is 12.4 Å². The Kier molecular flexibility index (Phi) is 4.64. The smallest absolute Gasteiger partial charge is 0.313 e. The lowest BCUT2D eigenvalue weighted by atomic mass is 10.3. The molecule has 0 radical (unpaired) electrons. The first-order valence-corrected chi connectivity index (χ1v) is 5.29. The molecular weight excluding hydrogens is 208 g/mol. The van der Waals surface area contributed by atoms with Gasteiger partial charge < -0.3 is 14.2 Å². The van der Waals surface area contributed by atoms with Gasteiger partial charge in [-0.05, 0) is 12.1 Å². The molecule has 4 nitrogen and oxygen atoms in total. The zero-order valence-corrected chi connectivity index (χ0v) is 9.73. The minimum Gasteiger partial charge on any atom is -0.469 e. The van der Waals surface area contributed by atoms with Crippen molar-refractivity contribution in [3.05, 3.63) is 24.3 Å². The van der Waals surface area contributed by atoms with Crippen LogP contribution in [-0.4, -0.2) is 19.4 Å². The van der Waals surface area contributed by atoms with Crippen LogP contribution in [0.5, 0.6) is 11.5 Å². The number of benzene rings is 1. The summed E-state index contributed by atoms with van der Waals surface area (Å²) in [4.78, 5) is 10.9. The molecule has 0 N–H and O–H groups in total.